The molecule has 3 nitrogen and oxygen atoms in total. The molecule has 0 aliphatic carbocycles. The van der Waals surface area contributed by atoms with E-state index in [1.807, 2.05) is 12.1 Å². The fourth-order valence-electron chi connectivity index (χ4n) is 4.45. The monoisotopic (exact) mass is 398 g/mol. The van der Waals surface area contributed by atoms with E-state index in [1.165, 1.54) is 16.8 Å². The van der Waals surface area contributed by atoms with Crippen molar-refractivity contribution in [1.29, 1.82) is 0 Å². The van der Waals surface area contributed by atoms with Crippen molar-refractivity contribution in [3.63, 3.8) is 0 Å². The van der Waals surface area contributed by atoms with Gasteiger partial charge >= 0.3 is 0 Å². The van der Waals surface area contributed by atoms with Gasteiger partial charge in [0.25, 0.3) is 0 Å². The maximum atomic E-state index is 13.5. The van der Waals surface area contributed by atoms with Crippen LogP contribution in [0, 0.1) is 5.82 Å². The summed E-state index contributed by atoms with van der Waals surface area (Å²) in [7, 11) is 4.11. The van der Waals surface area contributed by atoms with Crippen molar-refractivity contribution in [1.82, 2.24) is 5.32 Å². The van der Waals surface area contributed by atoms with Crippen LogP contribution in [-0.4, -0.2) is 32.8 Å². The molecule has 3 rings (SSSR count). The average molecular weight is 399 g/mol. The van der Waals surface area contributed by atoms with Gasteiger partial charge in [-0.05, 0) is 74.5 Å². The van der Waals surface area contributed by atoms with Crippen LogP contribution >= 0.6 is 0 Å². The number of hydrogen-bond acceptors (Lipinski definition) is 3. The van der Waals surface area contributed by atoms with Gasteiger partial charge in [0.1, 0.15) is 5.82 Å². The molecule has 1 fully saturated rings. The molecule has 4 heteroatoms. The molecule has 0 aromatic heterocycles. The molecule has 2 atom stereocenters. The molecule has 0 bridgehead atoms. The van der Waals surface area contributed by atoms with Gasteiger partial charge in [0.05, 0.1) is 5.60 Å². The molecule has 0 radical (unpaired) electrons. The number of rotatable bonds is 8. The smallest absolute Gasteiger partial charge is 0.123 e. The van der Waals surface area contributed by atoms with Crippen molar-refractivity contribution in [2.24, 2.45) is 0 Å². The molecule has 1 aliphatic heterocycles. The fraction of sp³-hybridized carbons (Fsp3) is 0.520. The molecular weight excluding hydrogens is 363 g/mol. The molecule has 0 amide bonds. The third-order valence-electron chi connectivity index (χ3n) is 6.51. The summed E-state index contributed by atoms with van der Waals surface area (Å²) < 4.78 is 19.7. The van der Waals surface area contributed by atoms with Crippen LogP contribution in [0.1, 0.15) is 50.7 Å². The minimum Gasteiger partial charge on any atom is -0.378 e. The summed E-state index contributed by atoms with van der Waals surface area (Å²) in [5.74, 6) is -0.173. The summed E-state index contributed by atoms with van der Waals surface area (Å²) in [5.41, 5.74) is 3.65. The highest BCUT2D eigenvalue weighted by Gasteiger charge is 2.43. The Hall–Kier alpha value is -1.91. The van der Waals surface area contributed by atoms with Crippen LogP contribution in [-0.2, 0) is 16.7 Å². The zero-order chi connectivity index (χ0) is 20.9. The standard InChI is InChI=1S/C25H35FN2O/c1-5-24(2)19-25(15-17-29-24,21-8-10-22(26)11-9-21)14-16-27-18-20-6-12-23(13-7-20)28(3)4/h6-13,27H,5,14-19H2,1-4H3/t24-,25-/m1/s1. The van der Waals surface area contributed by atoms with Crippen molar-refractivity contribution in [3.8, 4) is 0 Å². The third kappa shape index (κ3) is 5.37. The van der Waals surface area contributed by atoms with Crippen molar-refractivity contribution in [2.75, 3.05) is 32.1 Å². The third-order valence-corrected chi connectivity index (χ3v) is 6.51. The zero-order valence-electron chi connectivity index (χ0n) is 18.3. The molecule has 0 saturated carbocycles. The summed E-state index contributed by atoms with van der Waals surface area (Å²) in [6, 6.07) is 15.8. The second-order valence-electron chi connectivity index (χ2n) is 8.85. The van der Waals surface area contributed by atoms with E-state index in [2.05, 4.69) is 62.4 Å². The highest BCUT2D eigenvalue weighted by atomic mass is 19.1. The number of nitrogens with one attached hydrogen (secondary N) is 1. The van der Waals surface area contributed by atoms with Gasteiger partial charge in [-0.3, -0.25) is 0 Å². The topological polar surface area (TPSA) is 24.5 Å². The summed E-state index contributed by atoms with van der Waals surface area (Å²) in [6.45, 7) is 6.94. The van der Waals surface area contributed by atoms with E-state index in [1.54, 1.807) is 12.1 Å². The summed E-state index contributed by atoms with van der Waals surface area (Å²) >= 11 is 0. The predicted molar refractivity (Wildman–Crippen MR) is 119 cm³/mol. The second kappa shape index (κ2) is 9.27. The van der Waals surface area contributed by atoms with E-state index in [9.17, 15) is 4.39 Å². The Morgan fingerprint density at radius 1 is 1.07 bits per heavy atom. The van der Waals surface area contributed by atoms with Crippen LogP contribution in [0.25, 0.3) is 0 Å². The Labute approximate surface area is 175 Å². The number of anilines is 1. The molecular formula is C25H35FN2O. The second-order valence-corrected chi connectivity index (χ2v) is 8.85. The number of hydrogen-bond donors (Lipinski definition) is 1. The van der Waals surface area contributed by atoms with Gasteiger partial charge in [-0.2, -0.15) is 0 Å². The van der Waals surface area contributed by atoms with Crippen LogP contribution in [0.3, 0.4) is 0 Å². The summed E-state index contributed by atoms with van der Waals surface area (Å²) in [6.07, 6.45) is 3.96. The maximum Gasteiger partial charge on any atom is 0.123 e. The molecule has 29 heavy (non-hydrogen) atoms. The number of halogens is 1. The van der Waals surface area contributed by atoms with E-state index >= 15 is 0 Å². The molecule has 0 spiro atoms. The molecule has 2 aromatic rings. The Morgan fingerprint density at radius 3 is 2.38 bits per heavy atom. The van der Waals surface area contributed by atoms with Gasteiger partial charge in [-0.1, -0.05) is 31.2 Å². The molecule has 1 aliphatic rings. The lowest BCUT2D eigenvalue weighted by Gasteiger charge is -2.47. The molecule has 158 valence electrons. The van der Waals surface area contributed by atoms with Crippen LogP contribution in [0.4, 0.5) is 10.1 Å². The van der Waals surface area contributed by atoms with Gasteiger partial charge in [0.15, 0.2) is 0 Å². The molecule has 0 unspecified atom stereocenters. The lowest BCUT2D eigenvalue weighted by Crippen LogP contribution is -2.46. The lowest BCUT2D eigenvalue weighted by molar-refractivity contribution is -0.0979. The minimum atomic E-state index is -0.173. The average Bonchev–Trinajstić information content (AvgIpc) is 2.72. The first-order valence-electron chi connectivity index (χ1n) is 10.7. The van der Waals surface area contributed by atoms with Crippen LogP contribution in [0.5, 0.6) is 0 Å². The van der Waals surface area contributed by atoms with E-state index in [0.29, 0.717) is 0 Å². The molecule has 1 heterocycles. The van der Waals surface area contributed by atoms with Crippen LogP contribution in [0.15, 0.2) is 48.5 Å². The SMILES string of the molecule is CC[C@]1(C)C[C@](CCNCc2ccc(N(C)C)cc2)(c2ccc(F)cc2)CCO1. The van der Waals surface area contributed by atoms with Crippen molar-refractivity contribution in [2.45, 2.75) is 57.1 Å². The Morgan fingerprint density at radius 2 is 1.76 bits per heavy atom. The van der Waals surface area contributed by atoms with Gasteiger partial charge in [0.2, 0.25) is 0 Å². The van der Waals surface area contributed by atoms with E-state index in [-0.39, 0.29) is 16.8 Å². The van der Waals surface area contributed by atoms with Crippen LogP contribution in [0.2, 0.25) is 0 Å². The highest BCUT2D eigenvalue weighted by Crippen LogP contribution is 2.45. The van der Waals surface area contributed by atoms with E-state index < -0.39 is 0 Å². The van der Waals surface area contributed by atoms with Crippen molar-refractivity contribution >= 4 is 5.69 Å². The first-order chi connectivity index (χ1) is 13.9. The van der Waals surface area contributed by atoms with E-state index in [0.717, 1.165) is 45.4 Å². The predicted octanol–water partition coefficient (Wildman–Crippen LogP) is 5.29. The first kappa shape index (κ1) is 21.8. The Kier molecular flexibility index (Phi) is 6.97. The van der Waals surface area contributed by atoms with Crippen molar-refractivity contribution < 1.29 is 9.13 Å². The molecule has 2 aromatic carbocycles. The quantitative estimate of drug-likeness (QED) is 0.612. The van der Waals surface area contributed by atoms with Gasteiger partial charge in [-0.15, -0.1) is 0 Å². The largest absolute Gasteiger partial charge is 0.378 e. The van der Waals surface area contributed by atoms with Crippen LogP contribution < -0.4 is 10.2 Å². The molecule has 1 saturated heterocycles. The number of nitrogens with zero attached hydrogens (tertiary/aromatic N) is 1. The normalized spacial score (nSPS) is 24.4. The van der Waals surface area contributed by atoms with Gasteiger partial charge in [-0.25, -0.2) is 4.39 Å². The Balaban J connectivity index is 1.66. The first-order valence-corrected chi connectivity index (χ1v) is 10.7. The number of ether oxygens (including phenoxy) is 1. The summed E-state index contributed by atoms with van der Waals surface area (Å²) in [5, 5.41) is 3.62. The lowest BCUT2D eigenvalue weighted by atomic mass is 9.66. The number of benzene rings is 2. The maximum absolute atomic E-state index is 13.5. The fourth-order valence-corrected chi connectivity index (χ4v) is 4.45. The molecule has 1 N–H and O–H groups in total. The minimum absolute atomic E-state index is 0.0263. The van der Waals surface area contributed by atoms with Crippen molar-refractivity contribution in [3.05, 3.63) is 65.5 Å². The zero-order valence-corrected chi connectivity index (χ0v) is 18.3. The van der Waals surface area contributed by atoms with Gasteiger partial charge in [0, 0.05) is 38.3 Å². The van der Waals surface area contributed by atoms with Gasteiger partial charge < -0.3 is 15.0 Å². The highest BCUT2D eigenvalue weighted by molar-refractivity contribution is 5.45. The Bertz CT molecular complexity index is 774. The van der Waals surface area contributed by atoms with E-state index in [4.69, 9.17) is 4.74 Å². The summed E-state index contributed by atoms with van der Waals surface area (Å²) in [4.78, 5) is 2.11.